The SMILES string of the molecule is COc1cc2c(Oc3ccc(NC(=O)NCCC(C)(C)C)cc3)ccnc2cc1OCCCN1CCC(CCO)CC1. The van der Waals surface area contributed by atoms with Crippen LogP contribution < -0.4 is 24.8 Å². The molecule has 2 amide bonds. The molecule has 4 rings (SSSR count). The highest BCUT2D eigenvalue weighted by Crippen LogP contribution is 2.37. The van der Waals surface area contributed by atoms with Gasteiger partial charge in [0.25, 0.3) is 0 Å². The fraction of sp³-hybridized carbons (Fsp3) is 0.515. The van der Waals surface area contributed by atoms with Crippen LogP contribution >= 0.6 is 0 Å². The first kappa shape index (κ1) is 31.4. The van der Waals surface area contributed by atoms with E-state index in [1.165, 1.54) is 0 Å². The van der Waals surface area contributed by atoms with Gasteiger partial charge >= 0.3 is 6.03 Å². The minimum Gasteiger partial charge on any atom is -0.493 e. The van der Waals surface area contributed by atoms with Crippen molar-refractivity contribution in [3.63, 3.8) is 0 Å². The lowest BCUT2D eigenvalue weighted by Gasteiger charge is -2.31. The Bertz CT molecular complexity index is 1280. The third kappa shape index (κ3) is 9.49. The number of carbonyl (C=O) groups excluding carboxylic acids is 1. The molecule has 0 aliphatic carbocycles. The van der Waals surface area contributed by atoms with E-state index in [-0.39, 0.29) is 11.4 Å². The number of aliphatic hydroxyl groups excluding tert-OH is 1. The maximum absolute atomic E-state index is 12.2. The Morgan fingerprint density at radius 1 is 1.07 bits per heavy atom. The van der Waals surface area contributed by atoms with Crippen molar-refractivity contribution in [3.05, 3.63) is 48.7 Å². The number of methoxy groups -OCH3 is 1. The third-order valence-electron chi connectivity index (χ3n) is 7.61. The second kappa shape index (κ2) is 15.1. The summed E-state index contributed by atoms with van der Waals surface area (Å²) in [5.74, 6) is 3.23. The summed E-state index contributed by atoms with van der Waals surface area (Å²) in [6, 6.07) is 12.7. The molecule has 0 unspecified atom stereocenters. The highest BCUT2D eigenvalue weighted by atomic mass is 16.5. The molecule has 0 spiro atoms. The van der Waals surface area contributed by atoms with Crippen LogP contribution in [0.5, 0.6) is 23.0 Å². The molecule has 2 heterocycles. The minimum atomic E-state index is -0.225. The highest BCUT2D eigenvalue weighted by Gasteiger charge is 2.18. The van der Waals surface area contributed by atoms with E-state index in [4.69, 9.17) is 19.3 Å². The Hall–Kier alpha value is -3.56. The number of benzene rings is 2. The number of hydrogen-bond acceptors (Lipinski definition) is 7. The number of fused-ring (bicyclic) bond motifs is 1. The number of carbonyl (C=O) groups is 1. The monoisotopic (exact) mass is 578 g/mol. The highest BCUT2D eigenvalue weighted by molar-refractivity contribution is 5.89. The summed E-state index contributed by atoms with van der Waals surface area (Å²) in [4.78, 5) is 19.2. The number of piperidine rings is 1. The zero-order valence-corrected chi connectivity index (χ0v) is 25.4. The summed E-state index contributed by atoms with van der Waals surface area (Å²) in [6.07, 6.45) is 6.77. The van der Waals surface area contributed by atoms with E-state index in [1.807, 2.05) is 42.5 Å². The molecule has 1 aromatic heterocycles. The molecule has 0 radical (unpaired) electrons. The Morgan fingerprint density at radius 2 is 1.83 bits per heavy atom. The molecule has 1 aliphatic heterocycles. The van der Waals surface area contributed by atoms with E-state index >= 15 is 0 Å². The molecule has 0 atom stereocenters. The van der Waals surface area contributed by atoms with Gasteiger partial charge in [-0.05, 0) is 92.9 Å². The summed E-state index contributed by atoms with van der Waals surface area (Å²) in [5, 5.41) is 15.7. The Morgan fingerprint density at radius 3 is 2.52 bits per heavy atom. The van der Waals surface area contributed by atoms with E-state index in [0.717, 1.165) is 62.6 Å². The number of amides is 2. The number of rotatable bonds is 13. The molecule has 3 N–H and O–H groups in total. The van der Waals surface area contributed by atoms with E-state index in [1.54, 1.807) is 13.3 Å². The molecule has 42 heavy (non-hydrogen) atoms. The maximum atomic E-state index is 12.2. The van der Waals surface area contributed by atoms with Gasteiger partial charge < -0.3 is 34.9 Å². The van der Waals surface area contributed by atoms with Crippen LogP contribution in [-0.4, -0.2) is 67.5 Å². The number of hydrogen-bond donors (Lipinski definition) is 3. The van der Waals surface area contributed by atoms with Gasteiger partial charge in [-0.3, -0.25) is 4.98 Å². The van der Waals surface area contributed by atoms with Crippen molar-refractivity contribution in [2.45, 2.75) is 52.9 Å². The van der Waals surface area contributed by atoms with Gasteiger partial charge in [-0.2, -0.15) is 0 Å². The molecular weight excluding hydrogens is 532 g/mol. The number of pyridine rings is 1. The molecule has 1 fully saturated rings. The van der Waals surface area contributed by atoms with Crippen LogP contribution in [0.1, 0.15) is 52.9 Å². The van der Waals surface area contributed by atoms with Crippen LogP contribution in [0.2, 0.25) is 0 Å². The molecule has 228 valence electrons. The van der Waals surface area contributed by atoms with E-state index in [2.05, 4.69) is 41.3 Å². The van der Waals surface area contributed by atoms with Gasteiger partial charge in [-0.15, -0.1) is 0 Å². The van der Waals surface area contributed by atoms with Crippen molar-refractivity contribution >= 4 is 22.6 Å². The molecule has 0 saturated carbocycles. The second-order valence-electron chi connectivity index (χ2n) is 12.1. The Kier molecular flexibility index (Phi) is 11.3. The summed E-state index contributed by atoms with van der Waals surface area (Å²) >= 11 is 0. The first-order valence-electron chi connectivity index (χ1n) is 15.0. The number of aromatic nitrogens is 1. The molecule has 9 heteroatoms. The fourth-order valence-corrected chi connectivity index (χ4v) is 5.10. The number of aliphatic hydroxyl groups is 1. The summed E-state index contributed by atoms with van der Waals surface area (Å²) < 4.78 is 18.0. The maximum Gasteiger partial charge on any atom is 0.319 e. The Balaban J connectivity index is 1.32. The topological polar surface area (TPSA) is 105 Å². The van der Waals surface area contributed by atoms with Gasteiger partial charge in [0.05, 0.1) is 19.2 Å². The van der Waals surface area contributed by atoms with Crippen LogP contribution in [-0.2, 0) is 0 Å². The number of nitrogens with zero attached hydrogens (tertiary/aromatic N) is 2. The lowest BCUT2D eigenvalue weighted by atomic mass is 9.92. The predicted molar refractivity (Wildman–Crippen MR) is 167 cm³/mol. The predicted octanol–water partition coefficient (Wildman–Crippen LogP) is 6.46. The van der Waals surface area contributed by atoms with Crippen molar-refractivity contribution in [1.82, 2.24) is 15.2 Å². The van der Waals surface area contributed by atoms with Crippen LogP contribution in [0.4, 0.5) is 10.5 Å². The van der Waals surface area contributed by atoms with E-state index in [0.29, 0.717) is 54.4 Å². The van der Waals surface area contributed by atoms with Crippen LogP contribution in [0, 0.1) is 11.3 Å². The van der Waals surface area contributed by atoms with Gasteiger partial charge in [-0.25, -0.2) is 4.79 Å². The molecule has 2 aromatic carbocycles. The number of ether oxygens (including phenoxy) is 3. The van der Waals surface area contributed by atoms with Crippen molar-refractivity contribution in [3.8, 4) is 23.0 Å². The number of likely N-dealkylation sites (tertiary alicyclic amines) is 1. The van der Waals surface area contributed by atoms with Gasteiger partial charge in [0, 0.05) is 43.0 Å². The van der Waals surface area contributed by atoms with Crippen LogP contribution in [0.15, 0.2) is 48.7 Å². The fourth-order valence-electron chi connectivity index (χ4n) is 5.10. The summed E-state index contributed by atoms with van der Waals surface area (Å²) in [6.45, 7) is 11.1. The quantitative estimate of drug-likeness (QED) is 0.200. The van der Waals surface area contributed by atoms with Crippen molar-refractivity contribution < 1.29 is 24.1 Å². The molecule has 1 saturated heterocycles. The smallest absolute Gasteiger partial charge is 0.319 e. The van der Waals surface area contributed by atoms with Gasteiger partial charge in [0.1, 0.15) is 11.5 Å². The zero-order valence-electron chi connectivity index (χ0n) is 25.4. The normalized spacial score (nSPS) is 14.5. The van der Waals surface area contributed by atoms with Gasteiger partial charge in [0.15, 0.2) is 11.5 Å². The molecule has 3 aromatic rings. The van der Waals surface area contributed by atoms with Crippen molar-refractivity contribution in [2.24, 2.45) is 11.3 Å². The molecule has 1 aliphatic rings. The summed E-state index contributed by atoms with van der Waals surface area (Å²) in [5.41, 5.74) is 1.60. The lowest BCUT2D eigenvalue weighted by molar-refractivity contribution is 0.150. The minimum absolute atomic E-state index is 0.168. The number of anilines is 1. The first-order valence-corrected chi connectivity index (χ1v) is 15.0. The second-order valence-corrected chi connectivity index (χ2v) is 12.1. The largest absolute Gasteiger partial charge is 0.493 e. The van der Waals surface area contributed by atoms with Gasteiger partial charge in [-0.1, -0.05) is 20.8 Å². The van der Waals surface area contributed by atoms with Crippen LogP contribution in [0.3, 0.4) is 0 Å². The molecular formula is C33H46N4O5. The first-order chi connectivity index (χ1) is 20.2. The zero-order chi connectivity index (χ0) is 30.0. The van der Waals surface area contributed by atoms with Crippen LogP contribution in [0.25, 0.3) is 10.9 Å². The van der Waals surface area contributed by atoms with Crippen molar-refractivity contribution in [2.75, 3.05) is 51.8 Å². The molecule has 0 bridgehead atoms. The van der Waals surface area contributed by atoms with E-state index in [9.17, 15) is 4.79 Å². The lowest BCUT2D eigenvalue weighted by Crippen LogP contribution is -2.35. The molecule has 9 nitrogen and oxygen atoms in total. The van der Waals surface area contributed by atoms with Gasteiger partial charge in [0.2, 0.25) is 0 Å². The Labute approximate surface area is 249 Å². The summed E-state index contributed by atoms with van der Waals surface area (Å²) in [7, 11) is 1.63. The average Bonchev–Trinajstić information content (AvgIpc) is 2.96. The number of nitrogens with one attached hydrogen (secondary N) is 2. The van der Waals surface area contributed by atoms with Crippen molar-refractivity contribution in [1.29, 1.82) is 0 Å². The third-order valence-corrected chi connectivity index (χ3v) is 7.61. The van der Waals surface area contributed by atoms with E-state index < -0.39 is 0 Å². The number of urea groups is 1. The standard InChI is InChI=1S/C33H46N4O5/c1-33(2,3)14-16-35-32(39)36-25-6-8-26(9-7-25)42-29-10-15-34-28-23-31(30(40-4)22-27(28)29)41-21-5-17-37-18-11-24(12-19-37)13-20-38/h6-10,15,22-24,38H,5,11-14,16-21H2,1-4H3,(H2,35,36,39). The average molecular weight is 579 g/mol.